The number of rotatable bonds is 12. The van der Waals surface area contributed by atoms with E-state index in [-0.39, 0.29) is 26.1 Å². The minimum Gasteiger partial charge on any atom is -0.469 e. The van der Waals surface area contributed by atoms with Crippen molar-refractivity contribution in [1.82, 2.24) is 15.5 Å². The van der Waals surface area contributed by atoms with Crippen LogP contribution >= 0.6 is 11.6 Å². The van der Waals surface area contributed by atoms with Crippen LogP contribution in [-0.2, 0) is 35.1 Å². The fourth-order valence-electron chi connectivity index (χ4n) is 4.67. The highest BCUT2D eigenvalue weighted by Gasteiger charge is 2.44. The number of likely N-dealkylation sites (tertiary alicyclic amines) is 1. The number of ether oxygens (including phenoxy) is 2. The van der Waals surface area contributed by atoms with Crippen LogP contribution in [0, 0.1) is 5.92 Å². The minimum absolute atomic E-state index is 0.128. The number of alkyl halides is 3. The Kier molecular flexibility index (Phi) is 12.2. The Bertz CT molecular complexity index is 1040. The van der Waals surface area contributed by atoms with E-state index < -0.39 is 66.2 Å². The summed E-state index contributed by atoms with van der Waals surface area (Å²) in [4.78, 5) is 52.0. The second-order valence-corrected chi connectivity index (χ2v) is 10.5. The van der Waals surface area contributed by atoms with Gasteiger partial charge in [-0.3, -0.25) is 19.2 Å². The molecule has 224 valence electrons. The van der Waals surface area contributed by atoms with Gasteiger partial charge in [0.15, 0.2) is 0 Å². The van der Waals surface area contributed by atoms with Gasteiger partial charge in [0.2, 0.25) is 17.7 Å². The first-order valence-corrected chi connectivity index (χ1v) is 13.1. The zero-order valence-electron chi connectivity index (χ0n) is 22.7. The second kappa shape index (κ2) is 14.6. The normalized spacial score (nSPS) is 19.8. The molecule has 1 aliphatic heterocycles. The van der Waals surface area contributed by atoms with E-state index >= 15 is 0 Å². The molecule has 0 unspecified atom stereocenters. The Morgan fingerprint density at radius 3 is 2.35 bits per heavy atom. The first kappa shape index (κ1) is 33.3. The highest BCUT2D eigenvalue weighted by atomic mass is 35.5. The topological polar surface area (TPSA) is 140 Å². The van der Waals surface area contributed by atoms with Crippen molar-refractivity contribution in [2.45, 2.75) is 62.8 Å². The number of nitrogens with one attached hydrogen (secondary N) is 2. The largest absolute Gasteiger partial charge is 0.469 e. The molecule has 3 amide bonds. The van der Waals surface area contributed by atoms with Gasteiger partial charge in [-0.2, -0.15) is 13.2 Å². The van der Waals surface area contributed by atoms with E-state index in [9.17, 15) is 32.3 Å². The zero-order chi connectivity index (χ0) is 30.1. The van der Waals surface area contributed by atoms with Crippen molar-refractivity contribution in [3.63, 3.8) is 0 Å². The molecule has 0 aromatic heterocycles. The van der Waals surface area contributed by atoms with Crippen molar-refractivity contribution in [2.24, 2.45) is 11.7 Å². The van der Waals surface area contributed by atoms with Crippen LogP contribution in [0.4, 0.5) is 13.2 Å². The minimum atomic E-state index is -4.69. The van der Waals surface area contributed by atoms with Crippen molar-refractivity contribution in [3.8, 4) is 0 Å². The second-order valence-electron chi connectivity index (χ2n) is 10.0. The van der Waals surface area contributed by atoms with Gasteiger partial charge in [-0.15, -0.1) is 0 Å². The molecule has 0 bridgehead atoms. The number of hydrogen-bond acceptors (Lipinski definition) is 7. The van der Waals surface area contributed by atoms with Crippen LogP contribution < -0.4 is 16.4 Å². The summed E-state index contributed by atoms with van der Waals surface area (Å²) in [5, 5.41) is 5.94. The third-order valence-corrected chi connectivity index (χ3v) is 6.83. The number of piperidine rings is 1. The van der Waals surface area contributed by atoms with E-state index in [2.05, 4.69) is 15.4 Å². The average molecular weight is 593 g/mol. The molecule has 0 radical (unpaired) electrons. The fraction of sp³-hybridized carbons (Fsp3) is 0.615. The SMILES string of the molecule is COC[C@H](NC(=O)[C@H](C)N)C(=O)N[C@@]1(Cc2ccc(Cl)cc2)CCCN(C(=O)[C@@H](CC(=O)OC)CC(F)(F)F)C1. The summed E-state index contributed by atoms with van der Waals surface area (Å²) in [6.07, 6.45) is -5.97. The van der Waals surface area contributed by atoms with Gasteiger partial charge in [0.05, 0.1) is 44.1 Å². The molecule has 0 aliphatic carbocycles. The van der Waals surface area contributed by atoms with Crippen LogP contribution in [0.2, 0.25) is 5.02 Å². The van der Waals surface area contributed by atoms with Crippen LogP contribution in [0.15, 0.2) is 24.3 Å². The Balaban J connectivity index is 2.39. The molecule has 1 saturated heterocycles. The number of nitrogens with two attached hydrogens (primary N) is 1. The number of carbonyl (C=O) groups excluding carboxylic acids is 4. The Labute approximate surface area is 236 Å². The van der Waals surface area contributed by atoms with E-state index in [4.69, 9.17) is 22.1 Å². The third-order valence-electron chi connectivity index (χ3n) is 6.58. The molecule has 1 aliphatic rings. The van der Waals surface area contributed by atoms with Crippen LogP contribution in [-0.4, -0.2) is 86.3 Å². The molecule has 1 aromatic carbocycles. The molecule has 4 atom stereocenters. The highest BCUT2D eigenvalue weighted by Crippen LogP contribution is 2.32. The van der Waals surface area contributed by atoms with Crippen molar-refractivity contribution >= 4 is 35.3 Å². The molecule has 1 heterocycles. The average Bonchev–Trinajstić information content (AvgIpc) is 2.88. The van der Waals surface area contributed by atoms with Gasteiger partial charge in [-0.05, 0) is 43.9 Å². The molecule has 4 N–H and O–H groups in total. The lowest BCUT2D eigenvalue weighted by Crippen LogP contribution is -2.65. The first-order chi connectivity index (χ1) is 18.7. The predicted octanol–water partition coefficient (Wildman–Crippen LogP) is 1.97. The summed E-state index contributed by atoms with van der Waals surface area (Å²) in [6, 6.07) is 4.79. The Morgan fingerprint density at radius 1 is 1.15 bits per heavy atom. The summed E-state index contributed by atoms with van der Waals surface area (Å²) in [5.74, 6) is -4.67. The summed E-state index contributed by atoms with van der Waals surface area (Å²) in [5.41, 5.74) is 5.26. The number of benzene rings is 1. The lowest BCUT2D eigenvalue weighted by molar-refractivity contribution is -0.165. The number of esters is 1. The smallest absolute Gasteiger partial charge is 0.389 e. The van der Waals surface area contributed by atoms with Crippen LogP contribution in [0.3, 0.4) is 0 Å². The molecule has 0 spiro atoms. The van der Waals surface area contributed by atoms with Crippen molar-refractivity contribution in [2.75, 3.05) is 33.9 Å². The Hall–Kier alpha value is -2.90. The van der Waals surface area contributed by atoms with Crippen molar-refractivity contribution in [3.05, 3.63) is 34.9 Å². The van der Waals surface area contributed by atoms with Crippen molar-refractivity contribution < 1.29 is 41.8 Å². The molecule has 0 saturated carbocycles. The number of halogens is 4. The molecule has 10 nitrogen and oxygen atoms in total. The van der Waals surface area contributed by atoms with E-state index in [1.165, 1.54) is 18.9 Å². The van der Waals surface area contributed by atoms with Crippen LogP contribution in [0.1, 0.15) is 38.2 Å². The molecule has 1 aromatic rings. The maximum atomic E-state index is 13.4. The number of carbonyl (C=O) groups is 4. The van der Waals surface area contributed by atoms with Crippen LogP contribution in [0.5, 0.6) is 0 Å². The molecule has 1 fully saturated rings. The van der Waals surface area contributed by atoms with E-state index in [1.54, 1.807) is 24.3 Å². The zero-order valence-corrected chi connectivity index (χ0v) is 23.4. The van der Waals surface area contributed by atoms with Crippen LogP contribution in [0.25, 0.3) is 0 Å². The molecule has 40 heavy (non-hydrogen) atoms. The van der Waals surface area contributed by atoms with Gasteiger partial charge in [0.25, 0.3) is 0 Å². The quantitative estimate of drug-likeness (QED) is 0.315. The standard InChI is InChI=1S/C26H36ClF3N4O6/c1-16(31)22(36)32-20(14-39-2)23(37)33-25(12-17-5-7-19(27)8-6-17)9-4-10-34(15-25)24(38)18(11-21(35)40-3)13-26(28,29)30/h5-8,16,18,20H,4,9-15,31H2,1-3H3,(H,32,36)(H,33,37)/t16-,18-,20-,25+/m0/s1. The van der Waals surface area contributed by atoms with Gasteiger partial charge < -0.3 is 30.7 Å². The number of hydrogen-bond donors (Lipinski definition) is 3. The van der Waals surface area contributed by atoms with Gasteiger partial charge in [-0.25, -0.2) is 0 Å². The first-order valence-electron chi connectivity index (χ1n) is 12.7. The number of amides is 3. The van der Waals surface area contributed by atoms with Crippen molar-refractivity contribution in [1.29, 1.82) is 0 Å². The lowest BCUT2D eigenvalue weighted by atomic mass is 9.82. The lowest BCUT2D eigenvalue weighted by Gasteiger charge is -2.45. The summed E-state index contributed by atoms with van der Waals surface area (Å²) in [7, 11) is 2.39. The third kappa shape index (κ3) is 10.3. The molecule has 2 rings (SSSR count). The maximum absolute atomic E-state index is 13.4. The van der Waals surface area contributed by atoms with E-state index in [0.717, 1.165) is 12.7 Å². The molecular weight excluding hydrogens is 557 g/mol. The van der Waals surface area contributed by atoms with E-state index in [1.807, 2.05) is 0 Å². The van der Waals surface area contributed by atoms with Gasteiger partial charge >= 0.3 is 12.1 Å². The fourth-order valence-corrected chi connectivity index (χ4v) is 4.80. The summed E-state index contributed by atoms with van der Waals surface area (Å²) in [6.45, 7) is 1.29. The monoisotopic (exact) mass is 592 g/mol. The summed E-state index contributed by atoms with van der Waals surface area (Å²) < 4.78 is 49.5. The van der Waals surface area contributed by atoms with Gasteiger partial charge in [-0.1, -0.05) is 23.7 Å². The molecular formula is C26H36ClF3N4O6. The highest BCUT2D eigenvalue weighted by molar-refractivity contribution is 6.30. The van der Waals surface area contributed by atoms with E-state index in [0.29, 0.717) is 17.9 Å². The molecule has 14 heteroatoms. The van der Waals surface area contributed by atoms with Gasteiger partial charge in [0.1, 0.15) is 6.04 Å². The maximum Gasteiger partial charge on any atom is 0.389 e. The number of methoxy groups -OCH3 is 2. The Morgan fingerprint density at radius 2 is 1.80 bits per heavy atom. The summed E-state index contributed by atoms with van der Waals surface area (Å²) >= 11 is 6.01. The predicted molar refractivity (Wildman–Crippen MR) is 140 cm³/mol. The number of nitrogens with zero attached hydrogens (tertiary/aromatic N) is 1. The van der Waals surface area contributed by atoms with Gasteiger partial charge in [0, 0.05) is 25.2 Å².